The zero-order valence-electron chi connectivity index (χ0n) is 15.7. The Kier molecular flexibility index (Phi) is 3.81. The van der Waals surface area contributed by atoms with Gasteiger partial charge >= 0.3 is 5.69 Å². The fraction of sp³-hybridized carbons (Fsp3) is 0.316. The van der Waals surface area contributed by atoms with E-state index in [2.05, 4.69) is 4.98 Å². The SMILES string of the molecule is CCn1c(=O)c2c(nc3n(-c4cccc(CO)c4)c(C)c(C)n23)n(C)c1=O. The van der Waals surface area contributed by atoms with Crippen LogP contribution in [0.2, 0.25) is 0 Å². The summed E-state index contributed by atoms with van der Waals surface area (Å²) in [6, 6.07) is 7.52. The summed E-state index contributed by atoms with van der Waals surface area (Å²) < 4.78 is 6.38. The Bertz CT molecular complexity index is 1320. The van der Waals surface area contributed by atoms with Crippen molar-refractivity contribution in [1.29, 1.82) is 0 Å². The smallest absolute Gasteiger partial charge is 0.332 e. The summed E-state index contributed by atoms with van der Waals surface area (Å²) in [4.78, 5) is 30.1. The molecule has 0 atom stereocenters. The lowest BCUT2D eigenvalue weighted by atomic mass is 10.2. The Hall–Kier alpha value is -3.13. The summed E-state index contributed by atoms with van der Waals surface area (Å²) in [5.74, 6) is 0.566. The van der Waals surface area contributed by atoms with Gasteiger partial charge in [0.05, 0.1) is 6.61 Å². The van der Waals surface area contributed by atoms with Gasteiger partial charge < -0.3 is 5.11 Å². The lowest BCUT2D eigenvalue weighted by Gasteiger charge is -2.08. The average Bonchev–Trinajstić information content (AvgIpc) is 3.16. The first-order valence-electron chi connectivity index (χ1n) is 8.80. The molecule has 0 saturated heterocycles. The van der Waals surface area contributed by atoms with Crippen LogP contribution in [0.15, 0.2) is 33.9 Å². The highest BCUT2D eigenvalue weighted by Crippen LogP contribution is 2.25. The van der Waals surface area contributed by atoms with Crippen molar-refractivity contribution in [3.63, 3.8) is 0 Å². The van der Waals surface area contributed by atoms with E-state index in [-0.39, 0.29) is 17.9 Å². The van der Waals surface area contributed by atoms with Crippen LogP contribution in [0.25, 0.3) is 22.6 Å². The third-order valence-electron chi connectivity index (χ3n) is 5.19. The second kappa shape index (κ2) is 5.95. The highest BCUT2D eigenvalue weighted by molar-refractivity contribution is 5.77. The molecule has 0 bridgehead atoms. The fourth-order valence-corrected chi connectivity index (χ4v) is 3.63. The molecule has 4 aromatic rings. The molecule has 0 spiro atoms. The lowest BCUT2D eigenvalue weighted by Crippen LogP contribution is -2.38. The monoisotopic (exact) mass is 367 g/mol. The number of aromatic nitrogens is 5. The molecule has 8 heteroatoms. The Balaban J connectivity index is 2.21. The van der Waals surface area contributed by atoms with Crippen LogP contribution in [0.1, 0.15) is 23.9 Å². The average molecular weight is 367 g/mol. The number of benzene rings is 1. The zero-order valence-corrected chi connectivity index (χ0v) is 15.7. The second-order valence-corrected chi connectivity index (χ2v) is 6.64. The molecule has 140 valence electrons. The Morgan fingerprint density at radius 1 is 1.15 bits per heavy atom. The third-order valence-corrected chi connectivity index (χ3v) is 5.19. The highest BCUT2D eigenvalue weighted by atomic mass is 16.3. The number of rotatable bonds is 3. The minimum Gasteiger partial charge on any atom is -0.392 e. The van der Waals surface area contributed by atoms with Gasteiger partial charge in [0.15, 0.2) is 11.2 Å². The summed E-state index contributed by atoms with van der Waals surface area (Å²) in [5, 5.41) is 9.46. The predicted octanol–water partition coefficient (Wildman–Crippen LogP) is 1.27. The van der Waals surface area contributed by atoms with Gasteiger partial charge in [-0.3, -0.25) is 22.9 Å². The van der Waals surface area contributed by atoms with Crippen molar-refractivity contribution in [3.05, 3.63) is 62.1 Å². The van der Waals surface area contributed by atoms with Crippen molar-refractivity contribution in [2.45, 2.75) is 33.9 Å². The van der Waals surface area contributed by atoms with Crippen LogP contribution in [0.4, 0.5) is 0 Å². The van der Waals surface area contributed by atoms with E-state index in [9.17, 15) is 14.7 Å². The van der Waals surface area contributed by atoms with E-state index < -0.39 is 0 Å². The number of aryl methyl sites for hydroxylation is 2. The van der Waals surface area contributed by atoms with Crippen molar-refractivity contribution in [2.24, 2.45) is 7.05 Å². The van der Waals surface area contributed by atoms with Crippen LogP contribution >= 0.6 is 0 Å². The molecule has 1 N–H and O–H groups in total. The summed E-state index contributed by atoms with van der Waals surface area (Å²) in [5.41, 5.74) is 3.48. The summed E-state index contributed by atoms with van der Waals surface area (Å²) in [6.45, 7) is 5.90. The van der Waals surface area contributed by atoms with Crippen molar-refractivity contribution in [3.8, 4) is 5.69 Å². The van der Waals surface area contributed by atoms with E-state index in [1.54, 1.807) is 14.0 Å². The number of hydrogen-bond acceptors (Lipinski definition) is 4. The number of hydrogen-bond donors (Lipinski definition) is 1. The van der Waals surface area contributed by atoms with E-state index in [0.29, 0.717) is 23.5 Å². The normalized spacial score (nSPS) is 11.7. The maximum atomic E-state index is 13.0. The Morgan fingerprint density at radius 3 is 2.56 bits per heavy atom. The maximum Gasteiger partial charge on any atom is 0.332 e. The second-order valence-electron chi connectivity index (χ2n) is 6.64. The van der Waals surface area contributed by atoms with E-state index in [1.165, 1.54) is 9.13 Å². The van der Waals surface area contributed by atoms with E-state index in [1.807, 2.05) is 47.1 Å². The van der Waals surface area contributed by atoms with Gasteiger partial charge in [-0.25, -0.2) is 4.79 Å². The molecule has 0 aliphatic rings. The van der Waals surface area contributed by atoms with Gasteiger partial charge in [-0.2, -0.15) is 4.98 Å². The number of fused-ring (bicyclic) bond motifs is 3. The topological polar surface area (TPSA) is 86.5 Å². The molecule has 0 unspecified atom stereocenters. The maximum absolute atomic E-state index is 13.0. The molecule has 0 fully saturated rings. The largest absolute Gasteiger partial charge is 0.392 e. The molecule has 3 aromatic heterocycles. The molecular weight excluding hydrogens is 346 g/mol. The van der Waals surface area contributed by atoms with E-state index in [4.69, 9.17) is 0 Å². The summed E-state index contributed by atoms with van der Waals surface area (Å²) in [7, 11) is 1.63. The minimum atomic E-state index is -0.376. The quantitative estimate of drug-likeness (QED) is 0.591. The van der Waals surface area contributed by atoms with Crippen molar-refractivity contribution >= 4 is 16.9 Å². The van der Waals surface area contributed by atoms with Gasteiger partial charge in [0, 0.05) is 30.7 Å². The molecule has 0 saturated carbocycles. The molecule has 0 aliphatic carbocycles. The van der Waals surface area contributed by atoms with Crippen LogP contribution in [0.3, 0.4) is 0 Å². The molecule has 0 aliphatic heterocycles. The van der Waals surface area contributed by atoms with Gasteiger partial charge in [-0.15, -0.1) is 0 Å². The van der Waals surface area contributed by atoms with Gasteiger partial charge in [-0.1, -0.05) is 12.1 Å². The zero-order chi connectivity index (χ0) is 19.5. The number of nitrogens with zero attached hydrogens (tertiary/aromatic N) is 5. The lowest BCUT2D eigenvalue weighted by molar-refractivity contribution is 0.282. The third kappa shape index (κ3) is 2.23. The summed E-state index contributed by atoms with van der Waals surface area (Å²) >= 11 is 0. The van der Waals surface area contributed by atoms with Crippen LogP contribution in [0.5, 0.6) is 0 Å². The van der Waals surface area contributed by atoms with Gasteiger partial charge in [-0.05, 0) is 38.5 Å². The minimum absolute atomic E-state index is 0.0600. The molecular formula is C19H21N5O3. The molecule has 0 radical (unpaired) electrons. The molecule has 4 rings (SSSR count). The first kappa shape index (κ1) is 17.3. The molecule has 27 heavy (non-hydrogen) atoms. The van der Waals surface area contributed by atoms with Crippen LogP contribution in [-0.2, 0) is 20.2 Å². The van der Waals surface area contributed by atoms with E-state index >= 15 is 0 Å². The van der Waals surface area contributed by atoms with Gasteiger partial charge in [0.1, 0.15) is 0 Å². The number of imidazole rings is 2. The van der Waals surface area contributed by atoms with Crippen LogP contribution < -0.4 is 11.2 Å². The van der Waals surface area contributed by atoms with Gasteiger partial charge in [0.2, 0.25) is 5.78 Å². The van der Waals surface area contributed by atoms with Crippen molar-refractivity contribution in [1.82, 2.24) is 23.1 Å². The standard InChI is InChI=1S/C19H21N5O3/c1-5-22-17(26)15-16(21(4)19(22)27)20-18-23(11(2)12(3)24(15)18)14-8-6-7-13(9-14)10-25/h6-9,25H,5,10H2,1-4H3. The first-order chi connectivity index (χ1) is 12.9. The van der Waals surface area contributed by atoms with E-state index in [0.717, 1.165) is 22.6 Å². The van der Waals surface area contributed by atoms with Crippen LogP contribution in [0, 0.1) is 13.8 Å². The number of aliphatic hydroxyl groups is 1. The predicted molar refractivity (Wildman–Crippen MR) is 103 cm³/mol. The van der Waals surface area contributed by atoms with Gasteiger partial charge in [0.25, 0.3) is 5.56 Å². The van der Waals surface area contributed by atoms with Crippen molar-refractivity contribution in [2.75, 3.05) is 0 Å². The molecule has 8 nitrogen and oxygen atoms in total. The molecule has 0 amide bonds. The Labute approximate surface area is 154 Å². The number of aliphatic hydroxyl groups excluding tert-OH is 1. The molecule has 3 heterocycles. The first-order valence-corrected chi connectivity index (χ1v) is 8.80. The highest BCUT2D eigenvalue weighted by Gasteiger charge is 2.22. The Morgan fingerprint density at radius 2 is 1.89 bits per heavy atom. The molecule has 1 aromatic carbocycles. The van der Waals surface area contributed by atoms with Crippen LogP contribution in [-0.4, -0.2) is 28.2 Å². The van der Waals surface area contributed by atoms with Crippen molar-refractivity contribution < 1.29 is 5.11 Å². The summed E-state index contributed by atoms with van der Waals surface area (Å²) in [6.07, 6.45) is 0. The fourth-order valence-electron chi connectivity index (χ4n) is 3.63.